The molecule has 6 heteroatoms. The van der Waals surface area contributed by atoms with Crippen molar-refractivity contribution in [2.24, 2.45) is 0 Å². The van der Waals surface area contributed by atoms with Gasteiger partial charge in [-0.3, -0.25) is 14.5 Å². The van der Waals surface area contributed by atoms with Gasteiger partial charge in [0.2, 0.25) is 5.91 Å². The molecule has 4 amide bonds. The van der Waals surface area contributed by atoms with Crippen molar-refractivity contribution in [3.63, 3.8) is 0 Å². The van der Waals surface area contributed by atoms with E-state index in [1.54, 1.807) is 6.92 Å². The number of nitrogens with one attached hydrogen (secondary N) is 1. The predicted octanol–water partition coefficient (Wildman–Crippen LogP) is 2.63. The van der Waals surface area contributed by atoms with E-state index in [0.717, 1.165) is 30.6 Å². The molecule has 1 unspecified atom stereocenters. The molecular weight excluding hydrogens is 330 g/mol. The maximum atomic E-state index is 13.0. The van der Waals surface area contributed by atoms with Gasteiger partial charge in [0, 0.05) is 12.1 Å². The Morgan fingerprint density at radius 2 is 1.85 bits per heavy atom. The molecule has 2 aliphatic rings. The zero-order chi connectivity index (χ0) is 18.9. The van der Waals surface area contributed by atoms with Crippen molar-refractivity contribution in [1.82, 2.24) is 15.1 Å². The predicted molar refractivity (Wildman–Crippen MR) is 98.3 cm³/mol. The molecule has 1 N–H and O–H groups in total. The number of hydrogen-bond acceptors (Lipinski definition) is 3. The van der Waals surface area contributed by atoms with E-state index in [0.29, 0.717) is 5.56 Å². The number of rotatable bonds is 5. The Kier molecular flexibility index (Phi) is 5.03. The third-order valence-corrected chi connectivity index (χ3v) is 5.48. The van der Waals surface area contributed by atoms with E-state index in [2.05, 4.69) is 5.32 Å². The van der Waals surface area contributed by atoms with Crippen LogP contribution < -0.4 is 5.32 Å². The third kappa shape index (κ3) is 3.20. The number of carbonyl (C=O) groups is 3. The van der Waals surface area contributed by atoms with Crippen molar-refractivity contribution in [3.8, 4) is 0 Å². The van der Waals surface area contributed by atoms with Gasteiger partial charge in [0.25, 0.3) is 5.91 Å². The lowest BCUT2D eigenvalue weighted by molar-refractivity contribution is -0.141. The van der Waals surface area contributed by atoms with Crippen molar-refractivity contribution < 1.29 is 14.4 Å². The van der Waals surface area contributed by atoms with E-state index in [-0.39, 0.29) is 30.4 Å². The zero-order valence-electron chi connectivity index (χ0n) is 15.7. The lowest BCUT2D eigenvalue weighted by Crippen LogP contribution is -2.49. The number of nitrogens with zero attached hydrogens (tertiary/aromatic N) is 2. The molecule has 1 aliphatic carbocycles. The Labute approximate surface area is 154 Å². The first kappa shape index (κ1) is 18.4. The van der Waals surface area contributed by atoms with Gasteiger partial charge < -0.3 is 10.2 Å². The molecule has 1 saturated heterocycles. The fourth-order valence-corrected chi connectivity index (χ4v) is 4.12. The highest BCUT2D eigenvalue weighted by molar-refractivity contribution is 6.09. The smallest absolute Gasteiger partial charge is 0.325 e. The largest absolute Gasteiger partial charge is 0.336 e. The SMILES string of the molecule is CC(C)N(C(=O)CN1C(=O)NC(C)(c2ccccc2)C1=O)C1CCCC1. The molecule has 1 atom stereocenters. The van der Waals surface area contributed by atoms with E-state index in [1.807, 2.05) is 49.1 Å². The number of amides is 4. The quantitative estimate of drug-likeness (QED) is 0.824. The summed E-state index contributed by atoms with van der Waals surface area (Å²) >= 11 is 0. The monoisotopic (exact) mass is 357 g/mol. The van der Waals surface area contributed by atoms with Gasteiger partial charge in [-0.2, -0.15) is 0 Å². The van der Waals surface area contributed by atoms with Crippen molar-refractivity contribution >= 4 is 17.8 Å². The molecule has 1 aliphatic heterocycles. The summed E-state index contributed by atoms with van der Waals surface area (Å²) in [6.45, 7) is 5.44. The van der Waals surface area contributed by atoms with Crippen LogP contribution in [-0.2, 0) is 15.1 Å². The highest BCUT2D eigenvalue weighted by Crippen LogP contribution is 2.30. The van der Waals surface area contributed by atoms with Crippen molar-refractivity contribution in [2.45, 2.75) is 64.1 Å². The van der Waals surface area contributed by atoms with Gasteiger partial charge in [-0.25, -0.2) is 4.79 Å². The van der Waals surface area contributed by atoms with Crippen LogP contribution in [0, 0.1) is 0 Å². The van der Waals surface area contributed by atoms with Crippen LogP contribution >= 0.6 is 0 Å². The molecular formula is C20H27N3O3. The first-order valence-corrected chi connectivity index (χ1v) is 9.35. The van der Waals surface area contributed by atoms with Crippen LogP contribution in [0.25, 0.3) is 0 Å². The summed E-state index contributed by atoms with van der Waals surface area (Å²) < 4.78 is 0. The van der Waals surface area contributed by atoms with Gasteiger partial charge in [0.15, 0.2) is 0 Å². The summed E-state index contributed by atoms with van der Waals surface area (Å²) in [5.74, 6) is -0.537. The minimum atomic E-state index is -1.13. The second kappa shape index (κ2) is 7.09. The maximum Gasteiger partial charge on any atom is 0.325 e. The van der Waals surface area contributed by atoms with Crippen molar-refractivity contribution in [3.05, 3.63) is 35.9 Å². The molecule has 0 radical (unpaired) electrons. The maximum absolute atomic E-state index is 13.0. The normalized spacial score (nSPS) is 23.6. The summed E-state index contributed by atoms with van der Waals surface area (Å²) in [5, 5.41) is 2.76. The topological polar surface area (TPSA) is 69.7 Å². The van der Waals surface area contributed by atoms with E-state index in [9.17, 15) is 14.4 Å². The van der Waals surface area contributed by atoms with Crippen LogP contribution in [0.4, 0.5) is 4.79 Å². The van der Waals surface area contributed by atoms with Crippen LogP contribution in [0.3, 0.4) is 0 Å². The van der Waals surface area contributed by atoms with Crippen LogP contribution in [0.1, 0.15) is 52.0 Å². The summed E-state index contributed by atoms with van der Waals surface area (Å²) in [7, 11) is 0. The average Bonchev–Trinajstić information content (AvgIpc) is 3.19. The fraction of sp³-hybridized carbons (Fsp3) is 0.550. The lowest BCUT2D eigenvalue weighted by Gasteiger charge is -2.33. The number of benzene rings is 1. The van der Waals surface area contributed by atoms with E-state index >= 15 is 0 Å². The summed E-state index contributed by atoms with van der Waals surface area (Å²) in [4.78, 5) is 41.2. The molecule has 0 aromatic heterocycles. The lowest BCUT2D eigenvalue weighted by atomic mass is 9.92. The number of hydrogen-bond donors (Lipinski definition) is 1. The molecule has 26 heavy (non-hydrogen) atoms. The molecule has 1 aromatic carbocycles. The Morgan fingerprint density at radius 1 is 1.23 bits per heavy atom. The van der Waals surface area contributed by atoms with Crippen molar-refractivity contribution in [1.29, 1.82) is 0 Å². The first-order chi connectivity index (χ1) is 12.3. The van der Waals surface area contributed by atoms with Gasteiger partial charge in [-0.1, -0.05) is 43.2 Å². The third-order valence-electron chi connectivity index (χ3n) is 5.48. The minimum absolute atomic E-state index is 0.0480. The Bertz CT molecular complexity index is 698. The molecule has 1 aromatic rings. The van der Waals surface area contributed by atoms with Crippen LogP contribution in [0.15, 0.2) is 30.3 Å². The van der Waals surface area contributed by atoms with Gasteiger partial charge >= 0.3 is 6.03 Å². The molecule has 3 rings (SSSR count). The summed E-state index contributed by atoms with van der Waals surface area (Å²) in [5.41, 5.74) is -0.418. The second-order valence-corrected chi connectivity index (χ2v) is 7.65. The Morgan fingerprint density at radius 3 is 2.42 bits per heavy atom. The molecule has 1 saturated carbocycles. The van der Waals surface area contributed by atoms with Gasteiger partial charge in [0.1, 0.15) is 12.1 Å². The Balaban J connectivity index is 1.78. The van der Waals surface area contributed by atoms with E-state index in [4.69, 9.17) is 0 Å². The minimum Gasteiger partial charge on any atom is -0.336 e. The molecule has 140 valence electrons. The zero-order valence-corrected chi connectivity index (χ0v) is 15.7. The molecule has 0 spiro atoms. The fourth-order valence-electron chi connectivity index (χ4n) is 4.12. The highest BCUT2D eigenvalue weighted by Gasteiger charge is 2.50. The average molecular weight is 357 g/mol. The van der Waals surface area contributed by atoms with Gasteiger partial charge in [-0.15, -0.1) is 0 Å². The highest BCUT2D eigenvalue weighted by atomic mass is 16.2. The number of imide groups is 1. The second-order valence-electron chi connectivity index (χ2n) is 7.65. The number of urea groups is 1. The molecule has 1 heterocycles. The van der Waals surface area contributed by atoms with E-state index in [1.165, 1.54) is 0 Å². The number of carbonyl (C=O) groups excluding carboxylic acids is 3. The standard InChI is InChI=1S/C20H27N3O3/c1-14(2)23(16-11-7-8-12-16)17(24)13-22-18(25)20(3,21-19(22)26)15-9-5-4-6-10-15/h4-6,9-10,14,16H,7-8,11-13H2,1-3H3,(H,21,26). The Hall–Kier alpha value is -2.37. The summed E-state index contributed by atoms with van der Waals surface area (Å²) in [6.07, 6.45) is 4.23. The first-order valence-electron chi connectivity index (χ1n) is 9.35. The van der Waals surface area contributed by atoms with Crippen LogP contribution in [0.2, 0.25) is 0 Å². The van der Waals surface area contributed by atoms with E-state index < -0.39 is 11.6 Å². The van der Waals surface area contributed by atoms with Gasteiger partial charge in [-0.05, 0) is 39.2 Å². The van der Waals surface area contributed by atoms with Crippen LogP contribution in [-0.4, -0.2) is 46.3 Å². The summed E-state index contributed by atoms with van der Waals surface area (Å²) in [6, 6.07) is 8.88. The molecule has 6 nitrogen and oxygen atoms in total. The van der Waals surface area contributed by atoms with Crippen LogP contribution in [0.5, 0.6) is 0 Å². The van der Waals surface area contributed by atoms with Gasteiger partial charge in [0.05, 0.1) is 0 Å². The molecule has 2 fully saturated rings. The van der Waals surface area contributed by atoms with Crippen molar-refractivity contribution in [2.75, 3.05) is 6.54 Å². The molecule has 0 bridgehead atoms.